The quantitative estimate of drug-likeness (QED) is 0.390. The third-order valence-corrected chi connectivity index (χ3v) is 5.30. The molecule has 0 saturated heterocycles. The molecule has 29 heavy (non-hydrogen) atoms. The van der Waals surface area contributed by atoms with Gasteiger partial charge in [-0.1, -0.05) is 17.7 Å². The molecule has 0 aliphatic carbocycles. The first-order chi connectivity index (χ1) is 14.0. The van der Waals surface area contributed by atoms with Crippen LogP contribution in [0.5, 0.6) is 5.75 Å². The van der Waals surface area contributed by atoms with Crippen molar-refractivity contribution < 1.29 is 14.3 Å². The molecule has 3 aromatic rings. The van der Waals surface area contributed by atoms with Crippen LogP contribution in [0, 0.1) is 6.92 Å². The van der Waals surface area contributed by atoms with Gasteiger partial charge < -0.3 is 10.1 Å². The van der Waals surface area contributed by atoms with Crippen molar-refractivity contribution in [1.29, 1.82) is 0 Å². The summed E-state index contributed by atoms with van der Waals surface area (Å²) in [6.45, 7) is 4.51. The van der Waals surface area contributed by atoms with Gasteiger partial charge in [0.15, 0.2) is 5.78 Å². The molecule has 0 bridgehead atoms. The predicted molar refractivity (Wildman–Crippen MR) is 118 cm³/mol. The maximum Gasteiger partial charge on any atom is 0.255 e. The summed E-state index contributed by atoms with van der Waals surface area (Å²) in [7, 11) is 0. The topological polar surface area (TPSA) is 55.4 Å². The zero-order chi connectivity index (χ0) is 20.6. The molecule has 0 spiro atoms. The van der Waals surface area contributed by atoms with E-state index in [1.54, 1.807) is 24.3 Å². The molecule has 0 aliphatic rings. The van der Waals surface area contributed by atoms with Gasteiger partial charge in [0.25, 0.3) is 5.91 Å². The Morgan fingerprint density at radius 3 is 2.10 bits per heavy atom. The van der Waals surface area contributed by atoms with Crippen LogP contribution < -0.4 is 10.1 Å². The number of nitrogens with one attached hydrogen (secondary N) is 1. The van der Waals surface area contributed by atoms with Crippen molar-refractivity contribution in [3.63, 3.8) is 0 Å². The van der Waals surface area contributed by atoms with Crippen LogP contribution in [0.25, 0.3) is 0 Å². The second-order valence-corrected chi connectivity index (χ2v) is 7.56. The average molecular weight is 406 g/mol. The summed E-state index contributed by atoms with van der Waals surface area (Å²) in [5.41, 5.74) is 3.12. The monoisotopic (exact) mass is 405 g/mol. The molecule has 0 saturated carbocycles. The predicted octanol–water partition coefficient (Wildman–Crippen LogP) is 5.62. The number of benzene rings is 3. The van der Waals surface area contributed by atoms with Crippen molar-refractivity contribution in [2.24, 2.45) is 0 Å². The van der Waals surface area contributed by atoms with Crippen molar-refractivity contribution in [1.82, 2.24) is 0 Å². The van der Waals surface area contributed by atoms with Gasteiger partial charge in [0, 0.05) is 21.7 Å². The first kappa shape index (κ1) is 20.7. The molecular weight excluding hydrogens is 382 g/mol. The van der Waals surface area contributed by atoms with Gasteiger partial charge in [-0.3, -0.25) is 9.59 Å². The van der Waals surface area contributed by atoms with Gasteiger partial charge >= 0.3 is 0 Å². The number of aryl methyl sites for hydroxylation is 1. The number of hydrogen-bond acceptors (Lipinski definition) is 4. The summed E-state index contributed by atoms with van der Waals surface area (Å²) in [6.07, 6.45) is 0. The Bertz CT molecular complexity index is 965. The molecule has 0 heterocycles. The van der Waals surface area contributed by atoms with Gasteiger partial charge in [-0.2, -0.15) is 0 Å². The summed E-state index contributed by atoms with van der Waals surface area (Å²) in [6, 6.07) is 22.1. The van der Waals surface area contributed by atoms with E-state index in [0.717, 1.165) is 21.9 Å². The lowest BCUT2D eigenvalue weighted by Gasteiger charge is -2.07. The Morgan fingerprint density at radius 2 is 1.48 bits per heavy atom. The number of carbonyl (C=O) groups excluding carboxylic acids is 2. The van der Waals surface area contributed by atoms with E-state index in [-0.39, 0.29) is 11.7 Å². The van der Waals surface area contributed by atoms with Crippen LogP contribution in [-0.2, 0) is 0 Å². The Hall–Kier alpha value is -3.05. The number of carbonyl (C=O) groups is 2. The highest BCUT2D eigenvalue weighted by Gasteiger charge is 2.08. The molecule has 0 radical (unpaired) electrons. The molecule has 3 rings (SSSR count). The number of anilines is 1. The number of thioether (sulfide) groups is 1. The smallest absolute Gasteiger partial charge is 0.255 e. The molecular formula is C24H23NO3S. The molecule has 0 aliphatic heterocycles. The van der Waals surface area contributed by atoms with Crippen molar-refractivity contribution in [3.05, 3.63) is 89.5 Å². The van der Waals surface area contributed by atoms with E-state index in [1.165, 1.54) is 11.8 Å². The van der Waals surface area contributed by atoms with E-state index in [2.05, 4.69) is 5.32 Å². The standard InChI is InChI=1S/C24H23NO3S/c1-3-28-21-12-8-18(9-13-21)23(26)16-29-22-14-10-20(11-15-22)25-24(27)19-6-4-17(2)5-7-19/h4-15H,3,16H2,1-2H3,(H,25,27). The van der Waals surface area contributed by atoms with E-state index in [0.29, 0.717) is 23.5 Å². The van der Waals surface area contributed by atoms with E-state index >= 15 is 0 Å². The van der Waals surface area contributed by atoms with Gasteiger partial charge in [0.1, 0.15) is 5.75 Å². The largest absolute Gasteiger partial charge is 0.494 e. The van der Waals surface area contributed by atoms with Crippen LogP contribution in [-0.4, -0.2) is 24.1 Å². The van der Waals surface area contributed by atoms with Crippen LogP contribution >= 0.6 is 11.8 Å². The molecule has 148 valence electrons. The zero-order valence-electron chi connectivity index (χ0n) is 16.5. The van der Waals surface area contributed by atoms with Crippen LogP contribution in [0.2, 0.25) is 0 Å². The van der Waals surface area contributed by atoms with E-state index in [9.17, 15) is 9.59 Å². The fourth-order valence-corrected chi connectivity index (χ4v) is 3.47. The summed E-state index contributed by atoms with van der Waals surface area (Å²) in [5.74, 6) is 1.04. The SMILES string of the molecule is CCOc1ccc(C(=O)CSc2ccc(NC(=O)c3ccc(C)cc3)cc2)cc1. The second-order valence-electron chi connectivity index (χ2n) is 6.51. The first-order valence-corrected chi connectivity index (χ1v) is 10.4. The molecule has 0 atom stereocenters. The normalized spacial score (nSPS) is 10.4. The van der Waals surface area contributed by atoms with Crippen LogP contribution in [0.15, 0.2) is 77.7 Å². The number of rotatable bonds is 8. The Kier molecular flexibility index (Phi) is 7.09. The number of hydrogen-bond donors (Lipinski definition) is 1. The summed E-state index contributed by atoms with van der Waals surface area (Å²) in [5, 5.41) is 2.88. The summed E-state index contributed by atoms with van der Waals surface area (Å²) in [4.78, 5) is 25.6. The van der Waals surface area contributed by atoms with Gasteiger partial charge in [-0.25, -0.2) is 0 Å². The van der Waals surface area contributed by atoms with Crippen LogP contribution in [0.1, 0.15) is 33.2 Å². The molecule has 1 amide bonds. The van der Waals surface area contributed by atoms with Crippen LogP contribution in [0.3, 0.4) is 0 Å². The minimum absolute atomic E-state index is 0.0646. The Labute approximate surface area is 175 Å². The molecule has 1 N–H and O–H groups in total. The van der Waals surface area contributed by atoms with E-state index in [4.69, 9.17) is 4.74 Å². The molecule has 0 aromatic heterocycles. The van der Waals surface area contributed by atoms with Crippen molar-refractivity contribution in [2.45, 2.75) is 18.7 Å². The first-order valence-electron chi connectivity index (χ1n) is 9.42. The maximum atomic E-state index is 12.4. The fourth-order valence-electron chi connectivity index (χ4n) is 2.68. The highest BCUT2D eigenvalue weighted by molar-refractivity contribution is 8.00. The fraction of sp³-hybridized carbons (Fsp3) is 0.167. The molecule has 0 fully saturated rings. The third kappa shape index (κ3) is 5.96. The van der Waals surface area contributed by atoms with Gasteiger partial charge in [-0.05, 0) is 74.5 Å². The zero-order valence-corrected chi connectivity index (χ0v) is 17.3. The van der Waals surface area contributed by atoms with Crippen molar-refractivity contribution in [2.75, 3.05) is 17.7 Å². The Balaban J connectivity index is 1.52. The minimum Gasteiger partial charge on any atom is -0.494 e. The van der Waals surface area contributed by atoms with Gasteiger partial charge in [-0.15, -0.1) is 11.8 Å². The average Bonchev–Trinajstić information content (AvgIpc) is 2.74. The molecule has 5 heteroatoms. The summed E-state index contributed by atoms with van der Waals surface area (Å²) < 4.78 is 5.40. The van der Waals surface area contributed by atoms with Crippen molar-refractivity contribution in [3.8, 4) is 5.75 Å². The van der Waals surface area contributed by atoms with Gasteiger partial charge in [0.2, 0.25) is 0 Å². The highest BCUT2D eigenvalue weighted by atomic mass is 32.2. The number of ketones is 1. The maximum absolute atomic E-state index is 12.4. The van der Waals surface area contributed by atoms with E-state index < -0.39 is 0 Å². The van der Waals surface area contributed by atoms with Crippen molar-refractivity contribution >= 4 is 29.1 Å². The number of Topliss-reactive ketones (excluding diaryl/α,β-unsaturated/α-hetero) is 1. The summed E-state index contributed by atoms with van der Waals surface area (Å²) >= 11 is 1.47. The molecule has 3 aromatic carbocycles. The van der Waals surface area contributed by atoms with Crippen LogP contribution in [0.4, 0.5) is 5.69 Å². The lowest BCUT2D eigenvalue weighted by molar-refractivity contribution is 0.101. The third-order valence-electron chi connectivity index (χ3n) is 4.28. The van der Waals surface area contributed by atoms with E-state index in [1.807, 2.05) is 62.4 Å². The molecule has 0 unspecified atom stereocenters. The minimum atomic E-state index is -0.143. The molecule has 4 nitrogen and oxygen atoms in total. The number of amides is 1. The lowest BCUT2D eigenvalue weighted by Crippen LogP contribution is -2.11. The second kappa shape index (κ2) is 9.94. The number of ether oxygens (including phenoxy) is 1. The highest BCUT2D eigenvalue weighted by Crippen LogP contribution is 2.22. The lowest BCUT2D eigenvalue weighted by atomic mass is 10.1. The van der Waals surface area contributed by atoms with Gasteiger partial charge in [0.05, 0.1) is 12.4 Å². The Morgan fingerprint density at radius 1 is 0.862 bits per heavy atom.